The molecule has 6 atom stereocenters. The molecule has 5 unspecified atom stereocenters. The number of carbonyl (C=O) groups excluding carboxylic acids is 2. The second-order valence-electron chi connectivity index (χ2n) is 9.19. The number of hydrogen-bond donors (Lipinski definition) is 2. The smallest absolute Gasteiger partial charge is 0.228 e. The number of hydrazine groups is 1. The van der Waals surface area contributed by atoms with Gasteiger partial charge in [-0.25, -0.2) is 5.43 Å². The normalized spacial score (nSPS) is 36.8. The highest BCUT2D eigenvalue weighted by atomic mass is 79.9. The van der Waals surface area contributed by atoms with Crippen molar-refractivity contribution in [1.29, 1.82) is 0 Å². The lowest BCUT2D eigenvalue weighted by atomic mass is 9.84. The summed E-state index contributed by atoms with van der Waals surface area (Å²) in [6.07, 6.45) is 10.4. The molecule has 0 bridgehead atoms. The van der Waals surface area contributed by atoms with Gasteiger partial charge in [0.15, 0.2) is 0 Å². The Bertz CT molecular complexity index is 793. The van der Waals surface area contributed by atoms with Crippen molar-refractivity contribution in [3.05, 3.63) is 30.1 Å². The molecule has 0 aromatic carbocycles. The van der Waals surface area contributed by atoms with E-state index in [4.69, 9.17) is 0 Å². The number of halogens is 1. The Balaban J connectivity index is 1.28. The van der Waals surface area contributed by atoms with Crippen LogP contribution in [0.3, 0.4) is 0 Å². The molecule has 162 valence electrons. The summed E-state index contributed by atoms with van der Waals surface area (Å²) >= 11 is 3.73. The number of carbonyl (C=O) groups is 2. The van der Waals surface area contributed by atoms with Gasteiger partial charge in [-0.15, -0.1) is 0 Å². The maximum absolute atomic E-state index is 13.5. The lowest BCUT2D eigenvalue weighted by Gasteiger charge is -2.38. The number of pyridine rings is 1. The molecule has 5 rings (SSSR count). The number of rotatable bonds is 3. The summed E-state index contributed by atoms with van der Waals surface area (Å²) < 4.78 is 0. The van der Waals surface area contributed by atoms with Crippen molar-refractivity contribution in [2.45, 2.75) is 68.0 Å². The first-order chi connectivity index (χ1) is 14.6. The maximum atomic E-state index is 13.5. The van der Waals surface area contributed by atoms with Crippen LogP contribution in [0, 0.1) is 11.8 Å². The molecule has 3 aliphatic heterocycles. The van der Waals surface area contributed by atoms with Gasteiger partial charge in [0.2, 0.25) is 11.8 Å². The standard InChI is InChI=1S/C22H30BrN5O2/c23-16-6-7-17-18(11-16)25-26-21(17)28-13-15(10-20(28)29)22(30)27-9-2-1-5-19(27)14-4-3-8-24-12-14/h3-4,8,12,15-19,21,25-26H,1-2,5-7,9-11,13H2/t15?,16?,17?,18?,19-,21?/m1/s1. The predicted molar refractivity (Wildman–Crippen MR) is 116 cm³/mol. The van der Waals surface area contributed by atoms with Gasteiger partial charge in [0.25, 0.3) is 0 Å². The van der Waals surface area contributed by atoms with Crippen molar-refractivity contribution in [3.8, 4) is 0 Å². The summed E-state index contributed by atoms with van der Waals surface area (Å²) in [5.41, 5.74) is 7.86. The van der Waals surface area contributed by atoms with E-state index in [1.54, 1.807) is 6.20 Å². The third-order valence-electron chi connectivity index (χ3n) is 7.36. The lowest BCUT2D eigenvalue weighted by molar-refractivity contribution is -0.139. The molecule has 4 fully saturated rings. The first-order valence-electron chi connectivity index (χ1n) is 11.3. The second kappa shape index (κ2) is 8.55. The van der Waals surface area contributed by atoms with Gasteiger partial charge in [0.1, 0.15) is 0 Å². The van der Waals surface area contributed by atoms with E-state index in [1.807, 2.05) is 22.1 Å². The van der Waals surface area contributed by atoms with E-state index >= 15 is 0 Å². The topological polar surface area (TPSA) is 77.6 Å². The lowest BCUT2D eigenvalue weighted by Crippen LogP contribution is -2.49. The Labute approximate surface area is 186 Å². The average Bonchev–Trinajstić information content (AvgIpc) is 3.36. The number of nitrogens with one attached hydrogen (secondary N) is 2. The molecule has 7 nitrogen and oxygen atoms in total. The van der Waals surface area contributed by atoms with Crippen LogP contribution in [0.4, 0.5) is 0 Å². The van der Waals surface area contributed by atoms with Gasteiger partial charge in [-0.2, -0.15) is 0 Å². The maximum Gasteiger partial charge on any atom is 0.228 e. The minimum atomic E-state index is -0.247. The van der Waals surface area contributed by atoms with Crippen molar-refractivity contribution < 1.29 is 9.59 Å². The molecular weight excluding hydrogens is 446 g/mol. The molecule has 2 amide bonds. The van der Waals surface area contributed by atoms with Crippen LogP contribution in [-0.2, 0) is 9.59 Å². The largest absolute Gasteiger partial charge is 0.335 e. The summed E-state index contributed by atoms with van der Waals surface area (Å²) in [7, 11) is 0. The van der Waals surface area contributed by atoms with Crippen molar-refractivity contribution in [2.24, 2.45) is 11.8 Å². The predicted octanol–water partition coefficient (Wildman–Crippen LogP) is 2.35. The highest BCUT2D eigenvalue weighted by Gasteiger charge is 2.48. The number of fused-ring (bicyclic) bond motifs is 1. The Kier molecular flexibility index (Phi) is 5.82. The summed E-state index contributed by atoms with van der Waals surface area (Å²) in [6.45, 7) is 1.29. The van der Waals surface area contributed by atoms with Crippen LogP contribution in [0.2, 0.25) is 0 Å². The molecule has 0 spiro atoms. The minimum Gasteiger partial charge on any atom is -0.335 e. The zero-order chi connectivity index (χ0) is 20.7. The number of amides is 2. The first kappa shape index (κ1) is 20.4. The monoisotopic (exact) mass is 475 g/mol. The molecule has 1 aromatic heterocycles. The van der Waals surface area contributed by atoms with Crippen LogP contribution in [0.25, 0.3) is 0 Å². The number of hydrogen-bond acceptors (Lipinski definition) is 5. The molecule has 4 aliphatic rings. The van der Waals surface area contributed by atoms with E-state index in [0.29, 0.717) is 29.8 Å². The third kappa shape index (κ3) is 3.78. The minimum absolute atomic E-state index is 0.00391. The van der Waals surface area contributed by atoms with Crippen LogP contribution in [-0.4, -0.2) is 56.7 Å². The Morgan fingerprint density at radius 3 is 2.93 bits per heavy atom. The molecule has 1 aliphatic carbocycles. The highest BCUT2D eigenvalue weighted by molar-refractivity contribution is 9.09. The molecule has 4 heterocycles. The number of nitrogens with zero attached hydrogens (tertiary/aromatic N) is 3. The van der Waals surface area contributed by atoms with Gasteiger partial charge in [-0.3, -0.25) is 20.0 Å². The third-order valence-corrected chi connectivity index (χ3v) is 8.19. The van der Waals surface area contributed by atoms with Crippen LogP contribution in [0.5, 0.6) is 0 Å². The van der Waals surface area contributed by atoms with E-state index in [9.17, 15) is 9.59 Å². The van der Waals surface area contributed by atoms with Crippen molar-refractivity contribution in [3.63, 3.8) is 0 Å². The zero-order valence-electron chi connectivity index (χ0n) is 17.2. The molecule has 0 radical (unpaired) electrons. The van der Waals surface area contributed by atoms with Gasteiger partial charge in [0, 0.05) is 48.7 Å². The van der Waals surface area contributed by atoms with Gasteiger partial charge < -0.3 is 9.80 Å². The van der Waals surface area contributed by atoms with Crippen molar-refractivity contribution in [2.75, 3.05) is 13.1 Å². The average molecular weight is 476 g/mol. The fourth-order valence-corrected chi connectivity index (χ4v) is 6.48. The highest BCUT2D eigenvalue weighted by Crippen LogP contribution is 2.38. The Morgan fingerprint density at radius 1 is 1.20 bits per heavy atom. The second-order valence-corrected chi connectivity index (χ2v) is 10.5. The summed E-state index contributed by atoms with van der Waals surface area (Å²) in [5.74, 6) is 0.396. The van der Waals surface area contributed by atoms with Crippen molar-refractivity contribution in [1.82, 2.24) is 25.6 Å². The van der Waals surface area contributed by atoms with Crippen LogP contribution in [0.1, 0.15) is 56.6 Å². The van der Waals surface area contributed by atoms with Crippen molar-refractivity contribution >= 4 is 27.7 Å². The quantitative estimate of drug-likeness (QED) is 0.656. The molecular formula is C22H30BrN5O2. The fourth-order valence-electron chi connectivity index (χ4n) is 5.81. The van der Waals surface area contributed by atoms with E-state index in [2.05, 4.69) is 37.8 Å². The summed E-state index contributed by atoms with van der Waals surface area (Å²) in [5, 5.41) is 0. The number of likely N-dealkylation sites (tertiary alicyclic amines) is 2. The SMILES string of the molecule is O=C1CC(C(=O)N2CCCC[C@@H]2c2cccnc2)CN1C1NNC2CC(Br)CCC21. The molecule has 2 N–H and O–H groups in total. The van der Waals surface area contributed by atoms with E-state index < -0.39 is 0 Å². The molecule has 1 aromatic rings. The van der Waals surface area contributed by atoms with Gasteiger partial charge in [-0.05, 0) is 50.2 Å². The van der Waals surface area contributed by atoms with Crippen LogP contribution in [0.15, 0.2) is 24.5 Å². The first-order valence-corrected chi connectivity index (χ1v) is 12.2. The van der Waals surface area contributed by atoms with E-state index in [1.165, 1.54) is 0 Å². The summed E-state index contributed by atoms with van der Waals surface area (Å²) in [4.78, 5) is 35.2. The molecule has 3 saturated heterocycles. The van der Waals surface area contributed by atoms with Gasteiger partial charge >= 0.3 is 0 Å². The molecule has 1 saturated carbocycles. The number of alkyl halides is 1. The van der Waals surface area contributed by atoms with Crippen LogP contribution >= 0.6 is 15.9 Å². The fraction of sp³-hybridized carbons (Fsp3) is 0.682. The van der Waals surface area contributed by atoms with E-state index in [-0.39, 0.29) is 29.9 Å². The Morgan fingerprint density at radius 2 is 2.10 bits per heavy atom. The molecule has 30 heavy (non-hydrogen) atoms. The number of piperidine rings is 1. The Hall–Kier alpha value is -1.51. The van der Waals surface area contributed by atoms with Gasteiger partial charge in [0.05, 0.1) is 18.1 Å². The van der Waals surface area contributed by atoms with Crippen LogP contribution < -0.4 is 10.9 Å². The van der Waals surface area contributed by atoms with E-state index in [0.717, 1.165) is 50.6 Å². The number of aromatic nitrogens is 1. The molecule has 8 heteroatoms. The van der Waals surface area contributed by atoms with Gasteiger partial charge in [-0.1, -0.05) is 22.0 Å². The summed E-state index contributed by atoms with van der Waals surface area (Å²) in [6, 6.07) is 4.45. The zero-order valence-corrected chi connectivity index (χ0v) is 18.8.